The molecule has 1 aliphatic rings. The lowest BCUT2D eigenvalue weighted by Gasteiger charge is -2.24. The molecule has 4 aromatic rings. The first-order valence-electron chi connectivity index (χ1n) is 12.6. The van der Waals surface area contributed by atoms with Gasteiger partial charge in [0.1, 0.15) is 5.75 Å². The number of benzene rings is 2. The van der Waals surface area contributed by atoms with Gasteiger partial charge >= 0.3 is 11.9 Å². The lowest BCUT2D eigenvalue weighted by molar-refractivity contribution is -0.139. The van der Waals surface area contributed by atoms with E-state index in [9.17, 15) is 14.4 Å². The third-order valence-corrected chi connectivity index (χ3v) is 7.34. The van der Waals surface area contributed by atoms with Crippen molar-refractivity contribution in [2.75, 3.05) is 20.8 Å². The number of carbonyl (C=O) groups excluding carboxylic acids is 2. The van der Waals surface area contributed by atoms with Crippen LogP contribution in [0, 0.1) is 0 Å². The van der Waals surface area contributed by atoms with Crippen molar-refractivity contribution in [3.05, 3.63) is 109 Å². The van der Waals surface area contributed by atoms with E-state index in [-0.39, 0.29) is 23.7 Å². The van der Waals surface area contributed by atoms with E-state index in [1.807, 2.05) is 12.1 Å². The third-order valence-electron chi connectivity index (χ3n) is 6.36. The highest BCUT2D eigenvalue weighted by Crippen LogP contribution is 2.32. The zero-order chi connectivity index (χ0) is 29.1. The van der Waals surface area contributed by atoms with Crippen LogP contribution in [-0.4, -0.2) is 37.3 Å². The monoisotopic (exact) mass is 574 g/mol. The fraction of sp³-hybridized carbons (Fsp3) is 0.200. The molecular formula is C30H26N2O8S. The predicted molar refractivity (Wildman–Crippen MR) is 150 cm³/mol. The highest BCUT2D eigenvalue weighted by molar-refractivity contribution is 7.07. The van der Waals surface area contributed by atoms with Crippen LogP contribution in [0.2, 0.25) is 0 Å². The molecule has 1 atom stereocenters. The Morgan fingerprint density at radius 2 is 1.83 bits per heavy atom. The molecule has 210 valence electrons. The SMILES string of the molecule is CCOC(=O)C1=C(C)N=c2s/c(=C/c3ccc(OC(=O)c4ccco4)c(OC)c3)c(=O)n2[C@@H]1c1ccc(OC)cc1. The molecule has 2 aromatic heterocycles. The summed E-state index contributed by atoms with van der Waals surface area (Å²) in [5, 5.41) is 0. The Labute approximate surface area is 238 Å². The molecule has 0 radical (unpaired) electrons. The van der Waals surface area contributed by atoms with Crippen LogP contribution in [0.5, 0.6) is 17.2 Å². The summed E-state index contributed by atoms with van der Waals surface area (Å²) in [5.41, 5.74) is 1.78. The van der Waals surface area contributed by atoms with Gasteiger partial charge in [-0.05, 0) is 67.4 Å². The molecule has 0 aliphatic carbocycles. The number of allylic oxidation sites excluding steroid dienone is 1. The largest absolute Gasteiger partial charge is 0.497 e. The van der Waals surface area contributed by atoms with Crippen molar-refractivity contribution in [2.24, 2.45) is 4.99 Å². The summed E-state index contributed by atoms with van der Waals surface area (Å²) in [5.74, 6) is -0.00783. The highest BCUT2D eigenvalue weighted by atomic mass is 32.1. The first kappa shape index (κ1) is 27.7. The fourth-order valence-electron chi connectivity index (χ4n) is 4.45. The van der Waals surface area contributed by atoms with Crippen molar-refractivity contribution in [1.82, 2.24) is 4.57 Å². The molecule has 41 heavy (non-hydrogen) atoms. The first-order chi connectivity index (χ1) is 19.8. The maximum absolute atomic E-state index is 13.8. The molecule has 0 fully saturated rings. The molecule has 0 N–H and O–H groups in total. The Morgan fingerprint density at radius 1 is 1.05 bits per heavy atom. The van der Waals surface area contributed by atoms with Gasteiger partial charge in [0, 0.05) is 0 Å². The number of hydrogen-bond donors (Lipinski definition) is 0. The average Bonchev–Trinajstić information content (AvgIpc) is 3.62. The molecule has 3 heterocycles. The number of rotatable bonds is 8. The van der Waals surface area contributed by atoms with E-state index >= 15 is 0 Å². The van der Waals surface area contributed by atoms with Gasteiger partial charge in [-0.15, -0.1) is 0 Å². The smallest absolute Gasteiger partial charge is 0.379 e. The summed E-state index contributed by atoms with van der Waals surface area (Å²) < 4.78 is 28.5. The standard InChI is InChI=1S/C30H26N2O8S/c1-5-38-29(35)25-17(2)31-30-32(26(25)19-9-11-20(36-3)12-10-19)27(33)24(41-30)16-18-8-13-21(23(15-18)37-4)40-28(34)22-7-6-14-39-22/h6-16,26H,5H2,1-4H3/b24-16+/t26-/m1/s1. The number of furan rings is 1. The second kappa shape index (κ2) is 11.7. The second-order valence-corrected chi connectivity index (χ2v) is 9.86. The summed E-state index contributed by atoms with van der Waals surface area (Å²) in [6, 6.07) is 14.4. The van der Waals surface area contributed by atoms with Gasteiger partial charge in [-0.1, -0.05) is 29.5 Å². The minimum atomic E-state index is -0.740. The fourth-order valence-corrected chi connectivity index (χ4v) is 5.49. The van der Waals surface area contributed by atoms with E-state index in [4.69, 9.17) is 23.4 Å². The number of ether oxygens (including phenoxy) is 4. The van der Waals surface area contributed by atoms with Crippen molar-refractivity contribution >= 4 is 29.4 Å². The third kappa shape index (κ3) is 5.44. The van der Waals surface area contributed by atoms with E-state index in [0.29, 0.717) is 43.2 Å². The molecule has 0 amide bonds. The molecule has 0 saturated carbocycles. The van der Waals surface area contributed by atoms with Crippen LogP contribution in [0.15, 0.2) is 86.3 Å². The van der Waals surface area contributed by atoms with Gasteiger partial charge in [0.25, 0.3) is 5.56 Å². The maximum atomic E-state index is 13.8. The lowest BCUT2D eigenvalue weighted by Crippen LogP contribution is -2.39. The topological polar surface area (TPSA) is 119 Å². The minimum Gasteiger partial charge on any atom is -0.497 e. The van der Waals surface area contributed by atoms with E-state index in [1.54, 1.807) is 63.4 Å². The van der Waals surface area contributed by atoms with E-state index in [0.717, 1.165) is 0 Å². The van der Waals surface area contributed by atoms with Crippen molar-refractivity contribution < 1.29 is 33.0 Å². The number of thiazole rings is 1. The van der Waals surface area contributed by atoms with Crippen LogP contribution in [0.1, 0.15) is 41.6 Å². The Kier molecular flexibility index (Phi) is 7.88. The Balaban J connectivity index is 1.58. The van der Waals surface area contributed by atoms with Crippen LogP contribution < -0.4 is 29.1 Å². The zero-order valence-electron chi connectivity index (χ0n) is 22.7. The van der Waals surface area contributed by atoms with Crippen molar-refractivity contribution in [1.29, 1.82) is 0 Å². The van der Waals surface area contributed by atoms with Crippen LogP contribution in [0.25, 0.3) is 6.08 Å². The first-order valence-corrected chi connectivity index (χ1v) is 13.4. The number of nitrogens with zero attached hydrogens (tertiary/aromatic N) is 2. The number of fused-ring (bicyclic) bond motifs is 1. The predicted octanol–water partition coefficient (Wildman–Crippen LogP) is 3.63. The number of esters is 2. The van der Waals surface area contributed by atoms with E-state index in [1.165, 1.54) is 35.3 Å². The summed E-state index contributed by atoms with van der Waals surface area (Å²) in [6.07, 6.45) is 3.07. The molecule has 1 aliphatic heterocycles. The normalized spacial score (nSPS) is 14.7. The van der Waals surface area contributed by atoms with Gasteiger partial charge in [-0.2, -0.15) is 0 Å². The Bertz CT molecular complexity index is 1820. The molecule has 0 unspecified atom stereocenters. The van der Waals surface area contributed by atoms with Crippen LogP contribution in [0.3, 0.4) is 0 Å². The van der Waals surface area contributed by atoms with Crippen molar-refractivity contribution in [3.8, 4) is 17.2 Å². The van der Waals surface area contributed by atoms with E-state index < -0.39 is 18.0 Å². The van der Waals surface area contributed by atoms with Gasteiger partial charge in [-0.25, -0.2) is 14.6 Å². The van der Waals surface area contributed by atoms with Crippen LogP contribution >= 0.6 is 11.3 Å². The molecule has 0 saturated heterocycles. The molecule has 0 bridgehead atoms. The van der Waals surface area contributed by atoms with Crippen molar-refractivity contribution in [3.63, 3.8) is 0 Å². The summed E-state index contributed by atoms with van der Waals surface area (Å²) in [6.45, 7) is 3.64. The molecule has 10 nitrogen and oxygen atoms in total. The maximum Gasteiger partial charge on any atom is 0.379 e. The molecule has 0 spiro atoms. The van der Waals surface area contributed by atoms with Crippen molar-refractivity contribution in [2.45, 2.75) is 19.9 Å². The summed E-state index contributed by atoms with van der Waals surface area (Å²) in [7, 11) is 3.02. The van der Waals surface area contributed by atoms with Gasteiger partial charge in [0.05, 0.1) is 48.9 Å². The van der Waals surface area contributed by atoms with Crippen LogP contribution in [0.4, 0.5) is 0 Å². The minimum absolute atomic E-state index is 0.0566. The number of aromatic nitrogens is 1. The van der Waals surface area contributed by atoms with Gasteiger partial charge in [0.2, 0.25) is 5.76 Å². The average molecular weight is 575 g/mol. The number of hydrogen-bond acceptors (Lipinski definition) is 10. The number of carbonyl (C=O) groups is 2. The van der Waals surface area contributed by atoms with Gasteiger partial charge in [0.15, 0.2) is 16.3 Å². The lowest BCUT2D eigenvalue weighted by atomic mass is 9.96. The zero-order valence-corrected chi connectivity index (χ0v) is 23.5. The number of methoxy groups -OCH3 is 2. The molecule has 2 aromatic carbocycles. The Hall–Kier alpha value is -4.90. The summed E-state index contributed by atoms with van der Waals surface area (Å²) >= 11 is 1.20. The summed E-state index contributed by atoms with van der Waals surface area (Å²) in [4.78, 5) is 44.2. The quantitative estimate of drug-likeness (QED) is 0.231. The van der Waals surface area contributed by atoms with E-state index in [2.05, 4.69) is 4.99 Å². The Morgan fingerprint density at radius 3 is 2.49 bits per heavy atom. The van der Waals surface area contributed by atoms with Crippen LogP contribution in [-0.2, 0) is 9.53 Å². The highest BCUT2D eigenvalue weighted by Gasteiger charge is 2.33. The molecule has 11 heteroatoms. The molecule has 5 rings (SSSR count). The second-order valence-electron chi connectivity index (χ2n) is 8.85. The van der Waals surface area contributed by atoms with Gasteiger partial charge in [-0.3, -0.25) is 9.36 Å². The van der Waals surface area contributed by atoms with Gasteiger partial charge < -0.3 is 23.4 Å². The molecular weight excluding hydrogens is 548 g/mol.